The van der Waals surface area contributed by atoms with Gasteiger partial charge in [0.2, 0.25) is 0 Å². The molecule has 100 valence electrons. The van der Waals surface area contributed by atoms with Crippen molar-refractivity contribution in [1.82, 2.24) is 4.98 Å². The summed E-state index contributed by atoms with van der Waals surface area (Å²) in [6.45, 7) is 4.31. The zero-order valence-electron chi connectivity index (χ0n) is 11.0. The number of anilines is 1. The number of benzene rings is 1. The molecule has 3 nitrogen and oxygen atoms in total. The van der Waals surface area contributed by atoms with Crippen LogP contribution in [0, 0.1) is 0 Å². The number of halogens is 1. The van der Waals surface area contributed by atoms with Crippen LogP contribution in [0.3, 0.4) is 0 Å². The molecule has 0 aliphatic carbocycles. The van der Waals surface area contributed by atoms with Gasteiger partial charge >= 0.3 is 0 Å². The van der Waals surface area contributed by atoms with Crippen LogP contribution in [0.1, 0.15) is 42.2 Å². The highest BCUT2D eigenvalue weighted by molar-refractivity contribution is 9.10. The number of aromatic amines is 1. The zero-order valence-corrected chi connectivity index (χ0v) is 12.6. The molecular formula is C15H17BrN2O. The Hall–Kier alpha value is -1.55. The fraction of sp³-hybridized carbons (Fsp3) is 0.267. The molecule has 0 radical (unpaired) electrons. The Morgan fingerprint density at radius 1 is 1.42 bits per heavy atom. The van der Waals surface area contributed by atoms with Crippen LogP contribution in [-0.2, 0) is 0 Å². The Balaban J connectivity index is 2.21. The number of rotatable bonds is 4. The predicted molar refractivity (Wildman–Crippen MR) is 81.6 cm³/mol. The van der Waals surface area contributed by atoms with Gasteiger partial charge in [0, 0.05) is 16.4 Å². The summed E-state index contributed by atoms with van der Waals surface area (Å²) in [5, 5.41) is 2.96. The van der Waals surface area contributed by atoms with Gasteiger partial charge in [-0.2, -0.15) is 0 Å². The van der Waals surface area contributed by atoms with Gasteiger partial charge in [0.05, 0.1) is 0 Å². The van der Waals surface area contributed by atoms with Crippen molar-refractivity contribution >= 4 is 27.5 Å². The predicted octanol–water partition coefficient (Wildman–Crippen LogP) is 4.54. The van der Waals surface area contributed by atoms with Gasteiger partial charge in [0.15, 0.2) is 0 Å². The highest BCUT2D eigenvalue weighted by Crippen LogP contribution is 2.26. The summed E-state index contributed by atoms with van der Waals surface area (Å²) >= 11 is 3.32. The Morgan fingerprint density at radius 3 is 2.79 bits per heavy atom. The minimum absolute atomic E-state index is 0.124. The van der Waals surface area contributed by atoms with Gasteiger partial charge in [-0.1, -0.05) is 32.0 Å². The van der Waals surface area contributed by atoms with Gasteiger partial charge in [0.25, 0.3) is 5.91 Å². The maximum atomic E-state index is 12.1. The van der Waals surface area contributed by atoms with E-state index in [1.54, 1.807) is 12.3 Å². The fourth-order valence-corrected chi connectivity index (χ4v) is 2.29. The van der Waals surface area contributed by atoms with E-state index in [0.717, 1.165) is 16.6 Å². The molecule has 1 aromatic carbocycles. The molecule has 0 bridgehead atoms. The zero-order chi connectivity index (χ0) is 13.8. The highest BCUT2D eigenvalue weighted by Gasteiger charge is 2.13. The summed E-state index contributed by atoms with van der Waals surface area (Å²) in [5.74, 6) is 0.299. The van der Waals surface area contributed by atoms with Crippen molar-refractivity contribution in [2.45, 2.75) is 26.2 Å². The molecule has 1 atom stereocenters. The largest absolute Gasteiger partial charge is 0.356 e. The molecule has 0 aliphatic rings. The highest BCUT2D eigenvalue weighted by atomic mass is 79.9. The number of nitrogens with one attached hydrogen (secondary N) is 2. The molecule has 19 heavy (non-hydrogen) atoms. The normalized spacial score (nSPS) is 12.2. The third-order valence-electron chi connectivity index (χ3n) is 3.24. The lowest BCUT2D eigenvalue weighted by molar-refractivity contribution is 0.102. The van der Waals surface area contributed by atoms with Crippen molar-refractivity contribution in [3.8, 4) is 0 Å². The van der Waals surface area contributed by atoms with Crippen LogP contribution in [0.15, 0.2) is 41.0 Å². The van der Waals surface area contributed by atoms with E-state index in [1.165, 1.54) is 5.56 Å². The van der Waals surface area contributed by atoms with Crippen molar-refractivity contribution in [1.29, 1.82) is 0 Å². The van der Waals surface area contributed by atoms with E-state index in [2.05, 4.69) is 46.1 Å². The molecule has 4 heteroatoms. The summed E-state index contributed by atoms with van der Waals surface area (Å²) in [4.78, 5) is 15.1. The quantitative estimate of drug-likeness (QED) is 0.853. The van der Waals surface area contributed by atoms with Crippen molar-refractivity contribution in [3.63, 3.8) is 0 Å². The Bertz CT molecular complexity index is 577. The molecular weight excluding hydrogens is 304 g/mol. The minimum atomic E-state index is -0.124. The second-order valence-electron chi connectivity index (χ2n) is 4.58. The van der Waals surface area contributed by atoms with Crippen molar-refractivity contribution in [2.24, 2.45) is 0 Å². The standard InChI is InChI=1S/C15H17BrN2O/c1-3-10(2)12-6-4-5-7-13(12)18-15(19)14-8-11(16)9-17-14/h4-10,17H,3H2,1-2H3,(H,18,19). The first-order valence-electron chi connectivity index (χ1n) is 6.36. The number of hydrogen-bond donors (Lipinski definition) is 2. The molecule has 2 rings (SSSR count). The average molecular weight is 321 g/mol. The number of carbonyl (C=O) groups excluding carboxylic acids is 1. The lowest BCUT2D eigenvalue weighted by atomic mass is 9.97. The maximum Gasteiger partial charge on any atom is 0.272 e. The van der Waals surface area contributed by atoms with Crippen LogP contribution in [0.25, 0.3) is 0 Å². The molecule has 1 amide bonds. The van der Waals surface area contributed by atoms with Crippen LogP contribution in [0.5, 0.6) is 0 Å². The first-order valence-corrected chi connectivity index (χ1v) is 7.15. The van der Waals surface area contributed by atoms with Gasteiger partial charge in [-0.3, -0.25) is 4.79 Å². The van der Waals surface area contributed by atoms with Crippen LogP contribution in [0.2, 0.25) is 0 Å². The summed E-state index contributed by atoms with van der Waals surface area (Å²) in [5.41, 5.74) is 2.60. The van der Waals surface area contributed by atoms with Crippen LogP contribution in [0.4, 0.5) is 5.69 Å². The molecule has 0 saturated heterocycles. The van der Waals surface area contributed by atoms with E-state index in [9.17, 15) is 4.79 Å². The number of carbonyl (C=O) groups is 1. The van der Waals surface area contributed by atoms with Crippen molar-refractivity contribution in [2.75, 3.05) is 5.32 Å². The van der Waals surface area contributed by atoms with Crippen LogP contribution < -0.4 is 5.32 Å². The average Bonchev–Trinajstić information content (AvgIpc) is 2.85. The molecule has 0 fully saturated rings. The SMILES string of the molecule is CCC(C)c1ccccc1NC(=O)c1cc(Br)c[nH]1. The molecule has 1 heterocycles. The topological polar surface area (TPSA) is 44.9 Å². The maximum absolute atomic E-state index is 12.1. The van der Waals surface area contributed by atoms with E-state index in [4.69, 9.17) is 0 Å². The first-order chi connectivity index (χ1) is 9.11. The number of H-pyrrole nitrogens is 1. The van der Waals surface area contributed by atoms with Gasteiger partial charge in [-0.25, -0.2) is 0 Å². The third kappa shape index (κ3) is 3.26. The number of hydrogen-bond acceptors (Lipinski definition) is 1. The Morgan fingerprint density at radius 2 is 2.16 bits per heavy atom. The fourth-order valence-electron chi connectivity index (χ4n) is 1.95. The van der Waals surface area contributed by atoms with E-state index in [-0.39, 0.29) is 5.91 Å². The first kappa shape index (κ1) is 13.9. The summed E-state index contributed by atoms with van der Waals surface area (Å²) in [6, 6.07) is 9.71. The lowest BCUT2D eigenvalue weighted by Gasteiger charge is -2.15. The second kappa shape index (κ2) is 6.06. The summed E-state index contributed by atoms with van der Waals surface area (Å²) in [7, 11) is 0. The van der Waals surface area contributed by atoms with Gasteiger partial charge in [0.1, 0.15) is 5.69 Å². The van der Waals surface area contributed by atoms with E-state index < -0.39 is 0 Å². The monoisotopic (exact) mass is 320 g/mol. The van der Waals surface area contributed by atoms with E-state index in [1.807, 2.05) is 18.2 Å². The molecule has 0 spiro atoms. The molecule has 0 saturated carbocycles. The number of amides is 1. The minimum Gasteiger partial charge on any atom is -0.356 e. The Kier molecular flexibility index (Phi) is 4.43. The van der Waals surface area contributed by atoms with E-state index >= 15 is 0 Å². The molecule has 2 N–H and O–H groups in total. The summed E-state index contributed by atoms with van der Waals surface area (Å²) in [6.07, 6.45) is 2.79. The van der Waals surface area contributed by atoms with Gasteiger partial charge in [-0.15, -0.1) is 0 Å². The number of para-hydroxylation sites is 1. The summed E-state index contributed by atoms with van der Waals surface area (Å²) < 4.78 is 0.868. The van der Waals surface area contributed by atoms with Gasteiger partial charge in [-0.05, 0) is 46.0 Å². The molecule has 1 unspecified atom stereocenters. The molecule has 1 aromatic heterocycles. The Labute approximate surface area is 121 Å². The number of aromatic nitrogens is 1. The second-order valence-corrected chi connectivity index (χ2v) is 5.50. The molecule has 2 aromatic rings. The van der Waals surface area contributed by atoms with Crippen molar-refractivity contribution in [3.05, 3.63) is 52.3 Å². The molecule has 0 aliphatic heterocycles. The van der Waals surface area contributed by atoms with Crippen LogP contribution in [-0.4, -0.2) is 10.9 Å². The van der Waals surface area contributed by atoms with Crippen LogP contribution >= 0.6 is 15.9 Å². The third-order valence-corrected chi connectivity index (χ3v) is 3.70. The van der Waals surface area contributed by atoms with Gasteiger partial charge < -0.3 is 10.3 Å². The lowest BCUT2D eigenvalue weighted by Crippen LogP contribution is -2.14. The van der Waals surface area contributed by atoms with Crippen molar-refractivity contribution < 1.29 is 4.79 Å². The smallest absolute Gasteiger partial charge is 0.272 e. The van der Waals surface area contributed by atoms with E-state index in [0.29, 0.717) is 11.6 Å².